The average molecular weight is 447 g/mol. The number of nitrogens with one attached hydrogen (secondary N) is 1. The van der Waals surface area contributed by atoms with Crippen LogP contribution in [-0.2, 0) is 11.3 Å². The smallest absolute Gasteiger partial charge is 0.431 e. The highest BCUT2D eigenvalue weighted by Crippen LogP contribution is 2.28. The summed E-state index contributed by atoms with van der Waals surface area (Å²) in [7, 11) is 3.11. The van der Waals surface area contributed by atoms with Gasteiger partial charge in [0.25, 0.3) is 5.91 Å². The Balaban J connectivity index is 1.51. The van der Waals surface area contributed by atoms with Crippen LogP contribution in [0.15, 0.2) is 66.2 Å². The molecule has 0 aliphatic carbocycles. The first kappa shape index (κ1) is 21.8. The molecule has 168 valence electrons. The Morgan fingerprint density at radius 2 is 1.97 bits per heavy atom. The fourth-order valence-electron chi connectivity index (χ4n) is 3.21. The zero-order valence-corrected chi connectivity index (χ0v) is 18.0. The Labute approximate surface area is 189 Å². The molecule has 33 heavy (non-hydrogen) atoms. The van der Waals surface area contributed by atoms with Gasteiger partial charge in [0.05, 0.1) is 27.0 Å². The fraction of sp³-hybridized carbons (Fsp3) is 0.174. The topological polar surface area (TPSA) is 115 Å². The lowest BCUT2D eigenvalue weighted by atomic mass is 10.1. The highest BCUT2D eigenvalue weighted by atomic mass is 16.6. The van der Waals surface area contributed by atoms with E-state index in [0.717, 1.165) is 11.1 Å². The Hall–Kier alpha value is -4.47. The highest BCUT2D eigenvalue weighted by Gasteiger charge is 2.24. The van der Waals surface area contributed by atoms with Gasteiger partial charge in [-0.05, 0) is 35.9 Å². The second-order valence-electron chi connectivity index (χ2n) is 6.97. The quantitative estimate of drug-likeness (QED) is 0.592. The van der Waals surface area contributed by atoms with Gasteiger partial charge in [-0.1, -0.05) is 12.1 Å². The minimum absolute atomic E-state index is 0.0407. The summed E-state index contributed by atoms with van der Waals surface area (Å²) in [6.45, 7) is 0.198. The molecule has 0 fully saturated rings. The molecule has 0 atom stereocenters. The van der Waals surface area contributed by atoms with Gasteiger partial charge in [0.1, 0.15) is 18.0 Å². The monoisotopic (exact) mass is 447 g/mol. The van der Waals surface area contributed by atoms with Crippen molar-refractivity contribution in [3.63, 3.8) is 0 Å². The number of nitrogens with zero attached hydrogens (tertiary/aromatic N) is 4. The van der Waals surface area contributed by atoms with Crippen LogP contribution in [0.1, 0.15) is 21.6 Å². The zero-order chi connectivity index (χ0) is 23.2. The van der Waals surface area contributed by atoms with Gasteiger partial charge in [-0.25, -0.2) is 9.78 Å². The van der Waals surface area contributed by atoms with Crippen molar-refractivity contribution in [1.29, 1.82) is 0 Å². The van der Waals surface area contributed by atoms with Gasteiger partial charge in [-0.2, -0.15) is 10.1 Å². The summed E-state index contributed by atoms with van der Waals surface area (Å²) in [4.78, 5) is 32.5. The molecule has 0 saturated heterocycles. The number of amides is 2. The third kappa shape index (κ3) is 5.06. The lowest BCUT2D eigenvalue weighted by molar-refractivity contribution is 0.101. The highest BCUT2D eigenvalue weighted by molar-refractivity contribution is 6.04. The number of carbonyl (C=O) groups is 2. The molecule has 1 aliphatic heterocycles. The van der Waals surface area contributed by atoms with E-state index in [4.69, 9.17) is 14.2 Å². The number of anilines is 1. The molecule has 2 heterocycles. The molecule has 0 saturated carbocycles. The summed E-state index contributed by atoms with van der Waals surface area (Å²) in [6, 6.07) is 12.5. The standard InChI is InChI=1S/C23H21N5O5/c1-31-20-7-6-16(11-21(20)32-2)19-14-33-23(30)28(27-19)13-15-4-3-5-17(10-15)26-22(29)18-12-24-8-9-25-18/h3-12H,13-14H2,1-2H3,(H,26,29). The summed E-state index contributed by atoms with van der Waals surface area (Å²) in [6.07, 6.45) is 3.76. The minimum Gasteiger partial charge on any atom is -0.493 e. The number of methoxy groups -OCH3 is 2. The molecule has 1 N–H and O–H groups in total. The van der Waals surface area contributed by atoms with E-state index in [1.807, 2.05) is 12.1 Å². The molecule has 0 spiro atoms. The normalized spacial score (nSPS) is 13.1. The third-order valence-corrected chi connectivity index (χ3v) is 4.81. The van der Waals surface area contributed by atoms with Gasteiger partial charge in [-0.15, -0.1) is 0 Å². The summed E-state index contributed by atoms with van der Waals surface area (Å²) >= 11 is 0. The molecular formula is C23H21N5O5. The van der Waals surface area contributed by atoms with Crippen LogP contribution < -0.4 is 14.8 Å². The Kier molecular flexibility index (Phi) is 6.44. The molecule has 10 nitrogen and oxygen atoms in total. The van der Waals surface area contributed by atoms with Crippen LogP contribution in [0, 0.1) is 0 Å². The Morgan fingerprint density at radius 1 is 1.12 bits per heavy atom. The van der Waals surface area contributed by atoms with E-state index in [9.17, 15) is 9.59 Å². The number of rotatable bonds is 7. The fourth-order valence-corrected chi connectivity index (χ4v) is 3.21. The molecule has 2 aromatic carbocycles. The van der Waals surface area contributed by atoms with Crippen molar-refractivity contribution in [3.05, 3.63) is 77.9 Å². The van der Waals surface area contributed by atoms with Crippen molar-refractivity contribution < 1.29 is 23.8 Å². The number of hydrazone groups is 1. The molecule has 0 unspecified atom stereocenters. The summed E-state index contributed by atoms with van der Waals surface area (Å²) < 4.78 is 15.9. The van der Waals surface area contributed by atoms with E-state index < -0.39 is 6.09 Å². The lowest BCUT2D eigenvalue weighted by Gasteiger charge is -2.24. The summed E-state index contributed by atoms with van der Waals surface area (Å²) in [5.74, 6) is 0.756. The van der Waals surface area contributed by atoms with E-state index in [2.05, 4.69) is 20.4 Å². The van der Waals surface area contributed by atoms with E-state index in [1.165, 1.54) is 23.6 Å². The number of carbonyl (C=O) groups excluding carboxylic acids is 2. The predicted molar refractivity (Wildman–Crippen MR) is 119 cm³/mol. The van der Waals surface area contributed by atoms with Crippen molar-refractivity contribution in [3.8, 4) is 11.5 Å². The van der Waals surface area contributed by atoms with Gasteiger partial charge >= 0.3 is 6.09 Å². The zero-order valence-electron chi connectivity index (χ0n) is 18.0. The first-order valence-electron chi connectivity index (χ1n) is 9.98. The maximum atomic E-state index is 12.3. The minimum atomic E-state index is -0.562. The maximum Gasteiger partial charge on any atom is 0.431 e. The number of ether oxygens (including phenoxy) is 3. The maximum absolute atomic E-state index is 12.3. The van der Waals surface area contributed by atoms with E-state index in [-0.39, 0.29) is 24.8 Å². The number of hydrogen-bond acceptors (Lipinski definition) is 8. The number of aromatic nitrogens is 2. The van der Waals surface area contributed by atoms with Crippen LogP contribution in [0.25, 0.3) is 0 Å². The molecule has 10 heteroatoms. The van der Waals surface area contributed by atoms with Crippen molar-refractivity contribution in [2.75, 3.05) is 26.1 Å². The van der Waals surface area contributed by atoms with Crippen LogP contribution in [0.5, 0.6) is 11.5 Å². The first-order valence-corrected chi connectivity index (χ1v) is 9.98. The predicted octanol–water partition coefficient (Wildman–Crippen LogP) is 3.10. The van der Waals surface area contributed by atoms with Crippen molar-refractivity contribution in [1.82, 2.24) is 15.0 Å². The van der Waals surface area contributed by atoms with Gasteiger partial charge in [-0.3, -0.25) is 9.78 Å². The van der Waals surface area contributed by atoms with Crippen molar-refractivity contribution in [2.45, 2.75) is 6.54 Å². The van der Waals surface area contributed by atoms with Crippen LogP contribution in [0.2, 0.25) is 0 Å². The van der Waals surface area contributed by atoms with E-state index >= 15 is 0 Å². The van der Waals surface area contributed by atoms with E-state index in [0.29, 0.717) is 22.9 Å². The molecule has 2 amide bonds. The largest absolute Gasteiger partial charge is 0.493 e. The first-order chi connectivity index (χ1) is 16.1. The molecule has 1 aliphatic rings. The molecule has 0 radical (unpaired) electrons. The second-order valence-corrected chi connectivity index (χ2v) is 6.97. The molecule has 1 aromatic heterocycles. The summed E-state index contributed by atoms with van der Waals surface area (Å²) in [5, 5.41) is 8.47. The molecule has 3 aromatic rings. The van der Waals surface area contributed by atoms with Crippen molar-refractivity contribution >= 4 is 23.4 Å². The van der Waals surface area contributed by atoms with Gasteiger partial charge in [0.2, 0.25) is 0 Å². The van der Waals surface area contributed by atoms with Gasteiger partial charge in [0, 0.05) is 23.6 Å². The number of benzene rings is 2. The van der Waals surface area contributed by atoms with E-state index in [1.54, 1.807) is 44.6 Å². The summed E-state index contributed by atoms with van der Waals surface area (Å²) in [5.41, 5.74) is 2.82. The Bertz CT molecular complexity index is 1200. The lowest BCUT2D eigenvalue weighted by Crippen LogP contribution is -2.35. The molecule has 4 rings (SSSR count). The van der Waals surface area contributed by atoms with Gasteiger partial charge in [0.15, 0.2) is 11.5 Å². The van der Waals surface area contributed by atoms with Crippen LogP contribution in [0.4, 0.5) is 10.5 Å². The number of hydrogen-bond donors (Lipinski definition) is 1. The Morgan fingerprint density at radius 3 is 2.73 bits per heavy atom. The SMILES string of the molecule is COc1ccc(C2=NN(Cc3cccc(NC(=O)c4cnccn4)c3)C(=O)OC2)cc1OC. The van der Waals surface area contributed by atoms with Gasteiger partial charge < -0.3 is 19.5 Å². The van der Waals surface area contributed by atoms with Crippen molar-refractivity contribution in [2.24, 2.45) is 5.10 Å². The average Bonchev–Trinajstić information content (AvgIpc) is 2.85. The van der Waals surface area contributed by atoms with Crippen LogP contribution in [-0.4, -0.2) is 53.5 Å². The molecule has 0 bridgehead atoms. The number of cyclic esters (lactones) is 1. The second kappa shape index (κ2) is 9.77. The molecular weight excluding hydrogens is 426 g/mol. The third-order valence-electron chi connectivity index (χ3n) is 4.81. The van der Waals surface area contributed by atoms with Crippen LogP contribution in [0.3, 0.4) is 0 Å². The van der Waals surface area contributed by atoms with Crippen LogP contribution >= 0.6 is 0 Å².